The summed E-state index contributed by atoms with van der Waals surface area (Å²) in [5.74, 6) is -1.15. The second-order valence-electron chi connectivity index (χ2n) is 10.9. The number of anilines is 1. The fourth-order valence-electron chi connectivity index (χ4n) is 6.87. The maximum absolute atomic E-state index is 13.7. The number of allylic oxidation sites excluding steroid dienone is 1. The van der Waals surface area contributed by atoms with Crippen molar-refractivity contribution in [2.24, 2.45) is 17.3 Å². The molecule has 2 unspecified atom stereocenters. The van der Waals surface area contributed by atoms with Crippen LogP contribution >= 0.6 is 0 Å². The summed E-state index contributed by atoms with van der Waals surface area (Å²) in [7, 11) is 0. The fourth-order valence-corrected chi connectivity index (χ4v) is 6.87. The van der Waals surface area contributed by atoms with Gasteiger partial charge in [0.25, 0.3) is 0 Å². The van der Waals surface area contributed by atoms with Crippen LogP contribution < -0.4 is 5.06 Å². The second kappa shape index (κ2) is 7.52. The molecule has 2 heterocycles. The predicted molar refractivity (Wildman–Crippen MR) is 130 cm³/mol. The molecule has 1 N–H and O–H groups in total. The zero-order valence-electron chi connectivity index (χ0n) is 20.3. The molecule has 0 bridgehead atoms. The first kappa shape index (κ1) is 22.5. The van der Waals surface area contributed by atoms with Crippen LogP contribution in [0.4, 0.5) is 5.69 Å². The highest BCUT2D eigenvalue weighted by molar-refractivity contribution is 6.00. The molecule has 6 nitrogen and oxygen atoms in total. The van der Waals surface area contributed by atoms with Gasteiger partial charge in [-0.05, 0) is 62.5 Å². The van der Waals surface area contributed by atoms with Crippen LogP contribution in [-0.4, -0.2) is 34.2 Å². The van der Waals surface area contributed by atoms with Gasteiger partial charge in [-0.1, -0.05) is 55.0 Å². The number of hydrogen-bond acceptors (Lipinski definition) is 6. The average Bonchev–Trinajstić information content (AvgIpc) is 3.45. The van der Waals surface area contributed by atoms with E-state index in [9.17, 15) is 14.7 Å². The summed E-state index contributed by atoms with van der Waals surface area (Å²) < 4.78 is 6.06. The molecule has 0 radical (unpaired) electrons. The zero-order valence-corrected chi connectivity index (χ0v) is 20.3. The summed E-state index contributed by atoms with van der Waals surface area (Å²) in [4.78, 5) is 33.6. The Morgan fingerprint density at radius 2 is 1.74 bits per heavy atom. The Labute approximate surface area is 205 Å². The molecule has 2 aromatic rings. The fraction of sp³-hybridized carbons (Fsp3) is 0.448. The molecule has 0 aromatic heterocycles. The van der Waals surface area contributed by atoms with Gasteiger partial charge in [-0.3, -0.25) is 9.63 Å². The highest BCUT2D eigenvalue weighted by Gasteiger charge is 2.74. The first-order valence-electron chi connectivity index (χ1n) is 12.5. The first-order chi connectivity index (χ1) is 16.7. The van der Waals surface area contributed by atoms with Gasteiger partial charge in [0.2, 0.25) is 5.60 Å². The third kappa shape index (κ3) is 2.90. The van der Waals surface area contributed by atoms with Crippen LogP contribution in [0.1, 0.15) is 50.3 Å². The first-order valence-corrected chi connectivity index (χ1v) is 12.5. The number of rotatable bonds is 2. The van der Waals surface area contributed by atoms with Crippen LogP contribution in [0.2, 0.25) is 0 Å². The molecule has 1 saturated carbocycles. The highest BCUT2D eigenvalue weighted by atomic mass is 16.7. The van der Waals surface area contributed by atoms with Crippen LogP contribution in [0.15, 0.2) is 66.7 Å². The number of benzene rings is 2. The molecule has 6 rings (SSSR count). The Morgan fingerprint density at radius 3 is 2.46 bits per heavy atom. The maximum atomic E-state index is 13.7. The lowest BCUT2D eigenvalue weighted by atomic mass is 9.63. The smallest absolute Gasteiger partial charge is 0.342 e. The second-order valence-corrected chi connectivity index (χ2v) is 10.9. The molecule has 6 heteroatoms. The lowest BCUT2D eigenvalue weighted by Gasteiger charge is -2.43. The SMILES string of the molecule is Cc1ccc(C2CC3(ON2c2ccccc2)C(=O)O[C@@H]2[C@H]3CC[C@H](C)[C@]3(O)C=CC(=O)[C@@]23C)cc1. The van der Waals surface area contributed by atoms with Crippen molar-refractivity contribution in [3.63, 3.8) is 0 Å². The number of esters is 1. The van der Waals surface area contributed by atoms with Crippen molar-refractivity contribution in [2.45, 2.75) is 63.4 Å². The van der Waals surface area contributed by atoms with Gasteiger partial charge in [0.15, 0.2) is 5.78 Å². The lowest BCUT2D eigenvalue weighted by Crippen LogP contribution is -2.57. The van der Waals surface area contributed by atoms with Gasteiger partial charge in [-0.2, -0.15) is 0 Å². The van der Waals surface area contributed by atoms with Crippen molar-refractivity contribution < 1.29 is 24.3 Å². The van der Waals surface area contributed by atoms with E-state index in [-0.39, 0.29) is 23.7 Å². The van der Waals surface area contributed by atoms with E-state index in [1.807, 2.05) is 49.2 Å². The van der Waals surface area contributed by atoms with Gasteiger partial charge in [0.1, 0.15) is 11.7 Å². The van der Waals surface area contributed by atoms with Gasteiger partial charge in [-0.25, -0.2) is 9.86 Å². The molecule has 35 heavy (non-hydrogen) atoms. The lowest BCUT2D eigenvalue weighted by molar-refractivity contribution is -0.169. The molecular weight excluding hydrogens is 442 g/mol. The molecule has 0 amide bonds. The molecule has 3 fully saturated rings. The summed E-state index contributed by atoms with van der Waals surface area (Å²) >= 11 is 0. The number of ketones is 1. The number of ether oxygens (including phenoxy) is 1. The van der Waals surface area contributed by atoms with Crippen molar-refractivity contribution >= 4 is 17.4 Å². The Kier molecular flexibility index (Phi) is 4.83. The number of carbonyl (C=O) groups excluding carboxylic acids is 2. The molecule has 7 atom stereocenters. The number of aliphatic hydroxyl groups is 1. The van der Waals surface area contributed by atoms with E-state index in [2.05, 4.69) is 24.3 Å². The van der Waals surface area contributed by atoms with E-state index in [1.54, 1.807) is 13.0 Å². The third-order valence-corrected chi connectivity index (χ3v) is 9.12. The molecule has 182 valence electrons. The van der Waals surface area contributed by atoms with E-state index < -0.39 is 28.7 Å². The summed E-state index contributed by atoms with van der Waals surface area (Å²) in [6.07, 6.45) is 4.00. The Morgan fingerprint density at radius 1 is 1.03 bits per heavy atom. The van der Waals surface area contributed by atoms with Crippen molar-refractivity contribution in [2.75, 3.05) is 5.06 Å². The number of carbonyl (C=O) groups is 2. The monoisotopic (exact) mass is 473 g/mol. The minimum Gasteiger partial charge on any atom is -0.459 e. The average molecular weight is 474 g/mol. The summed E-state index contributed by atoms with van der Waals surface area (Å²) in [6, 6.07) is 17.9. The largest absolute Gasteiger partial charge is 0.459 e. The predicted octanol–water partition coefficient (Wildman–Crippen LogP) is 4.46. The van der Waals surface area contributed by atoms with Crippen molar-refractivity contribution in [3.8, 4) is 0 Å². The highest BCUT2D eigenvalue weighted by Crippen LogP contribution is 2.61. The van der Waals surface area contributed by atoms with Gasteiger partial charge in [0, 0.05) is 12.3 Å². The number of hydrogen-bond donors (Lipinski definition) is 1. The van der Waals surface area contributed by atoms with Crippen LogP contribution in [-0.2, 0) is 19.2 Å². The number of hydroxylamine groups is 1. The molecule has 1 spiro atoms. The Balaban J connectivity index is 1.46. The van der Waals surface area contributed by atoms with Crippen LogP contribution in [0.5, 0.6) is 0 Å². The Bertz CT molecular complexity index is 1210. The van der Waals surface area contributed by atoms with Crippen LogP contribution in [0.3, 0.4) is 0 Å². The van der Waals surface area contributed by atoms with Crippen LogP contribution in [0.25, 0.3) is 0 Å². The summed E-state index contributed by atoms with van der Waals surface area (Å²) in [5, 5.41) is 13.5. The summed E-state index contributed by atoms with van der Waals surface area (Å²) in [6.45, 7) is 5.77. The molecule has 4 aliphatic rings. The topological polar surface area (TPSA) is 76.1 Å². The molecule has 2 saturated heterocycles. The quantitative estimate of drug-likeness (QED) is 0.649. The standard InChI is InChI=1S/C29H31NO5/c1-18-9-12-20(13-10-18)23-17-28(35-30(23)21-7-5-4-6-8-21)22-14-11-19(2)29(33)16-15-24(31)27(29,3)25(22)34-26(28)32/h4-10,12-13,15-16,19,22-23,25,33H,11,14,17H2,1-3H3/t19-,22+,23?,25+,27-,28?,29+/m0/s1. The number of aryl methyl sites for hydroxylation is 1. The van der Waals surface area contributed by atoms with E-state index in [4.69, 9.17) is 9.57 Å². The van der Waals surface area contributed by atoms with Gasteiger partial charge in [-0.15, -0.1) is 0 Å². The Hall–Kier alpha value is -2.96. The third-order valence-electron chi connectivity index (χ3n) is 9.12. The molecule has 2 aromatic carbocycles. The number of nitrogens with zero attached hydrogens (tertiary/aromatic N) is 1. The molecule has 2 aliphatic carbocycles. The van der Waals surface area contributed by atoms with Gasteiger partial charge >= 0.3 is 5.97 Å². The summed E-state index contributed by atoms with van der Waals surface area (Å²) in [5.41, 5.74) is -0.761. The van der Waals surface area contributed by atoms with Crippen molar-refractivity contribution in [1.29, 1.82) is 0 Å². The number of fused-ring (bicyclic) bond motifs is 4. The van der Waals surface area contributed by atoms with E-state index in [0.29, 0.717) is 19.3 Å². The van der Waals surface area contributed by atoms with Crippen LogP contribution in [0, 0.1) is 24.2 Å². The van der Waals surface area contributed by atoms with E-state index in [0.717, 1.165) is 16.8 Å². The van der Waals surface area contributed by atoms with Crippen molar-refractivity contribution in [3.05, 3.63) is 77.9 Å². The van der Waals surface area contributed by atoms with Gasteiger partial charge in [0.05, 0.1) is 17.1 Å². The molecule has 2 aliphatic heterocycles. The zero-order chi connectivity index (χ0) is 24.6. The van der Waals surface area contributed by atoms with E-state index in [1.165, 1.54) is 6.08 Å². The normalized spacial score (nSPS) is 40.1. The maximum Gasteiger partial charge on any atom is 0.342 e. The molecular formula is C29H31NO5. The minimum absolute atomic E-state index is 0.156. The van der Waals surface area contributed by atoms with Gasteiger partial charge < -0.3 is 9.84 Å². The van der Waals surface area contributed by atoms with E-state index >= 15 is 0 Å². The number of para-hydroxylation sites is 1. The minimum atomic E-state index is -1.36. The van der Waals surface area contributed by atoms with Crippen molar-refractivity contribution in [1.82, 2.24) is 0 Å².